The predicted molar refractivity (Wildman–Crippen MR) is 82.1 cm³/mol. The van der Waals surface area contributed by atoms with E-state index >= 15 is 0 Å². The van der Waals surface area contributed by atoms with E-state index in [-0.39, 0.29) is 6.54 Å². The largest absolute Gasteiger partial charge is 0.481 e. The number of aliphatic carboxylic acids is 1. The summed E-state index contributed by atoms with van der Waals surface area (Å²) in [5.41, 5.74) is 0.376. The lowest BCUT2D eigenvalue weighted by molar-refractivity contribution is -0.153. The number of halogens is 2. The maximum absolute atomic E-state index is 11.9. The van der Waals surface area contributed by atoms with Crippen LogP contribution in [0.4, 0.5) is 10.5 Å². The number of hydrogen-bond donors (Lipinski definition) is 3. The van der Waals surface area contributed by atoms with Gasteiger partial charge in [0.1, 0.15) is 0 Å². The van der Waals surface area contributed by atoms with Crippen LogP contribution in [0.2, 0.25) is 10.0 Å². The molecule has 7 heteroatoms. The molecule has 0 spiro atoms. The van der Waals surface area contributed by atoms with E-state index in [0.717, 1.165) is 12.0 Å². The average molecular weight is 331 g/mol. The maximum Gasteiger partial charge on any atom is 0.319 e. The Kier molecular flexibility index (Phi) is 4.64. The fourth-order valence-electron chi connectivity index (χ4n) is 2.23. The molecule has 1 fully saturated rings. The minimum Gasteiger partial charge on any atom is -0.481 e. The van der Waals surface area contributed by atoms with Gasteiger partial charge in [-0.3, -0.25) is 4.79 Å². The number of aryl methyl sites for hydroxylation is 1. The number of anilines is 1. The third-order valence-corrected chi connectivity index (χ3v) is 4.57. The normalized spacial score (nSPS) is 16.0. The van der Waals surface area contributed by atoms with Crippen molar-refractivity contribution in [3.8, 4) is 0 Å². The Bertz CT molecular complexity index is 586. The molecule has 1 aromatic rings. The summed E-state index contributed by atoms with van der Waals surface area (Å²) in [5, 5.41) is 15.2. The SMILES string of the molecule is Cc1cc(Cl)c(NC(=O)NCC2(C(=O)O)CCC2)cc1Cl. The van der Waals surface area contributed by atoms with Gasteiger partial charge in [0.25, 0.3) is 0 Å². The van der Waals surface area contributed by atoms with Crippen LogP contribution in [0.25, 0.3) is 0 Å². The monoisotopic (exact) mass is 330 g/mol. The molecule has 2 rings (SSSR count). The molecule has 0 radical (unpaired) electrons. The van der Waals surface area contributed by atoms with Gasteiger partial charge in [0.05, 0.1) is 16.1 Å². The molecule has 1 aliphatic carbocycles. The first-order valence-electron chi connectivity index (χ1n) is 6.58. The van der Waals surface area contributed by atoms with Gasteiger partial charge in [0.15, 0.2) is 0 Å². The zero-order valence-corrected chi connectivity index (χ0v) is 13.0. The van der Waals surface area contributed by atoms with Crippen molar-refractivity contribution in [2.24, 2.45) is 5.41 Å². The van der Waals surface area contributed by atoms with Gasteiger partial charge in [-0.25, -0.2) is 4.79 Å². The van der Waals surface area contributed by atoms with Crippen molar-refractivity contribution < 1.29 is 14.7 Å². The summed E-state index contributed by atoms with van der Waals surface area (Å²) in [5.74, 6) is -0.870. The van der Waals surface area contributed by atoms with Crippen molar-refractivity contribution in [2.45, 2.75) is 26.2 Å². The number of carboxylic acids is 1. The van der Waals surface area contributed by atoms with E-state index in [1.807, 2.05) is 6.92 Å². The summed E-state index contributed by atoms with van der Waals surface area (Å²) in [4.78, 5) is 23.1. The smallest absolute Gasteiger partial charge is 0.319 e. The molecule has 0 atom stereocenters. The fraction of sp³-hybridized carbons (Fsp3) is 0.429. The lowest BCUT2D eigenvalue weighted by atomic mass is 9.69. The molecule has 0 heterocycles. The van der Waals surface area contributed by atoms with E-state index in [0.29, 0.717) is 28.6 Å². The third-order valence-electron chi connectivity index (χ3n) is 3.85. The Balaban J connectivity index is 1.96. The number of carbonyl (C=O) groups is 2. The van der Waals surface area contributed by atoms with Gasteiger partial charge in [-0.2, -0.15) is 0 Å². The molecule has 1 aliphatic rings. The number of nitrogens with one attached hydrogen (secondary N) is 2. The van der Waals surface area contributed by atoms with E-state index in [1.165, 1.54) is 0 Å². The molecule has 1 saturated carbocycles. The second-order valence-electron chi connectivity index (χ2n) is 5.33. The average Bonchev–Trinajstić information content (AvgIpc) is 2.34. The molecule has 0 aromatic heterocycles. The highest BCUT2D eigenvalue weighted by Gasteiger charge is 2.44. The molecular weight excluding hydrogens is 315 g/mol. The molecule has 5 nitrogen and oxygen atoms in total. The van der Waals surface area contributed by atoms with Crippen LogP contribution in [-0.4, -0.2) is 23.7 Å². The lowest BCUT2D eigenvalue weighted by Crippen LogP contribution is -2.48. The van der Waals surface area contributed by atoms with E-state index in [4.69, 9.17) is 23.2 Å². The molecule has 0 aliphatic heterocycles. The highest BCUT2D eigenvalue weighted by atomic mass is 35.5. The van der Waals surface area contributed by atoms with E-state index in [1.54, 1.807) is 12.1 Å². The Hall–Kier alpha value is -1.46. The van der Waals surface area contributed by atoms with Gasteiger partial charge in [-0.1, -0.05) is 29.6 Å². The van der Waals surface area contributed by atoms with Gasteiger partial charge in [-0.15, -0.1) is 0 Å². The van der Waals surface area contributed by atoms with Gasteiger partial charge in [0, 0.05) is 11.6 Å². The number of urea groups is 1. The molecule has 2 amide bonds. The quantitative estimate of drug-likeness (QED) is 0.787. The third kappa shape index (κ3) is 3.41. The van der Waals surface area contributed by atoms with E-state index in [2.05, 4.69) is 10.6 Å². The van der Waals surface area contributed by atoms with E-state index in [9.17, 15) is 14.7 Å². The number of benzene rings is 1. The summed E-state index contributed by atoms with van der Waals surface area (Å²) >= 11 is 12.0. The number of hydrogen-bond acceptors (Lipinski definition) is 2. The van der Waals surface area contributed by atoms with Crippen LogP contribution in [0, 0.1) is 12.3 Å². The highest BCUT2D eigenvalue weighted by molar-refractivity contribution is 6.36. The minimum absolute atomic E-state index is 0.103. The Labute approximate surface area is 132 Å². The molecular formula is C14H16Cl2N2O3. The highest BCUT2D eigenvalue weighted by Crippen LogP contribution is 2.40. The van der Waals surface area contributed by atoms with Gasteiger partial charge in [0.2, 0.25) is 0 Å². The first-order chi connectivity index (χ1) is 9.84. The van der Waals surface area contributed by atoms with Crippen molar-refractivity contribution in [3.63, 3.8) is 0 Å². The van der Waals surface area contributed by atoms with Crippen molar-refractivity contribution in [2.75, 3.05) is 11.9 Å². The molecule has 3 N–H and O–H groups in total. The van der Waals surface area contributed by atoms with Crippen LogP contribution in [0.5, 0.6) is 0 Å². The first-order valence-corrected chi connectivity index (χ1v) is 7.33. The van der Waals surface area contributed by atoms with Crippen molar-refractivity contribution >= 4 is 40.9 Å². The number of rotatable bonds is 4. The van der Waals surface area contributed by atoms with Gasteiger partial charge in [-0.05, 0) is 37.5 Å². The minimum atomic E-state index is -0.870. The maximum atomic E-state index is 11.9. The fourth-order valence-corrected chi connectivity index (χ4v) is 2.66. The molecule has 0 bridgehead atoms. The molecule has 1 aromatic carbocycles. The zero-order chi connectivity index (χ0) is 15.6. The van der Waals surface area contributed by atoms with Crippen molar-refractivity contribution in [1.29, 1.82) is 0 Å². The second kappa shape index (κ2) is 6.12. The molecule has 0 saturated heterocycles. The summed E-state index contributed by atoms with van der Waals surface area (Å²) in [6, 6.07) is 2.73. The summed E-state index contributed by atoms with van der Waals surface area (Å²) in [7, 11) is 0. The van der Waals surface area contributed by atoms with Crippen LogP contribution >= 0.6 is 23.2 Å². The Morgan fingerprint density at radius 1 is 1.29 bits per heavy atom. The van der Waals surface area contributed by atoms with Crippen molar-refractivity contribution in [1.82, 2.24) is 5.32 Å². The summed E-state index contributed by atoms with van der Waals surface area (Å²) in [6.07, 6.45) is 2.04. The van der Waals surface area contributed by atoms with Crippen LogP contribution in [0.1, 0.15) is 24.8 Å². The molecule has 114 valence electrons. The Morgan fingerprint density at radius 3 is 2.48 bits per heavy atom. The second-order valence-corrected chi connectivity index (χ2v) is 6.14. The van der Waals surface area contributed by atoms with Crippen LogP contribution in [-0.2, 0) is 4.79 Å². The van der Waals surface area contributed by atoms with Crippen LogP contribution in [0.3, 0.4) is 0 Å². The molecule has 0 unspecified atom stereocenters. The van der Waals surface area contributed by atoms with Crippen molar-refractivity contribution in [3.05, 3.63) is 27.7 Å². The first kappa shape index (κ1) is 15.9. The zero-order valence-electron chi connectivity index (χ0n) is 11.5. The molecule has 21 heavy (non-hydrogen) atoms. The standard InChI is InChI=1S/C14H16Cl2N2O3/c1-8-5-10(16)11(6-9(8)15)18-13(21)17-7-14(12(19)20)3-2-4-14/h5-6H,2-4,7H2,1H3,(H,19,20)(H2,17,18,21). The predicted octanol–water partition coefficient (Wildman–Crippen LogP) is 3.68. The lowest BCUT2D eigenvalue weighted by Gasteiger charge is -2.37. The summed E-state index contributed by atoms with van der Waals surface area (Å²) < 4.78 is 0. The summed E-state index contributed by atoms with van der Waals surface area (Å²) in [6.45, 7) is 1.91. The topological polar surface area (TPSA) is 78.4 Å². The van der Waals surface area contributed by atoms with Gasteiger partial charge < -0.3 is 15.7 Å². The van der Waals surface area contributed by atoms with Gasteiger partial charge >= 0.3 is 12.0 Å². The van der Waals surface area contributed by atoms with Crippen LogP contribution < -0.4 is 10.6 Å². The number of carbonyl (C=O) groups excluding carboxylic acids is 1. The Morgan fingerprint density at radius 2 is 1.95 bits per heavy atom. The van der Waals surface area contributed by atoms with Crippen LogP contribution in [0.15, 0.2) is 12.1 Å². The van der Waals surface area contributed by atoms with E-state index < -0.39 is 17.4 Å². The number of amides is 2. The number of carboxylic acid groups (broad SMARTS) is 1.